The third kappa shape index (κ3) is 8.32. The van der Waals surface area contributed by atoms with Crippen molar-refractivity contribution in [2.24, 2.45) is 0 Å². The number of amides is 2. The average Bonchev–Trinajstić information content (AvgIpc) is 2.90. The maximum absolute atomic E-state index is 14.2. The molecule has 3 aromatic rings. The molecule has 0 saturated carbocycles. The van der Waals surface area contributed by atoms with Crippen LogP contribution in [0.5, 0.6) is 0 Å². The van der Waals surface area contributed by atoms with Crippen LogP contribution in [-0.2, 0) is 32.6 Å². The summed E-state index contributed by atoms with van der Waals surface area (Å²) < 4.78 is 27.1. The molecule has 0 aliphatic carbocycles. The molecule has 214 valence electrons. The van der Waals surface area contributed by atoms with Crippen LogP contribution >= 0.6 is 11.6 Å². The van der Waals surface area contributed by atoms with E-state index in [9.17, 15) is 18.0 Å². The monoisotopic (exact) mass is 583 g/mol. The van der Waals surface area contributed by atoms with Crippen LogP contribution in [0.15, 0.2) is 72.8 Å². The largest absolute Gasteiger partial charge is 0.352 e. The summed E-state index contributed by atoms with van der Waals surface area (Å²) in [7, 11) is -3.83. The molecule has 0 aromatic heterocycles. The van der Waals surface area contributed by atoms with Crippen molar-refractivity contribution in [2.45, 2.75) is 59.2 Å². The molecule has 0 radical (unpaired) electrons. The molecule has 3 aromatic carbocycles. The second kappa shape index (κ2) is 13.8. The maximum Gasteiger partial charge on any atom is 0.244 e. The summed E-state index contributed by atoms with van der Waals surface area (Å²) in [6, 6.07) is 21.0. The Morgan fingerprint density at radius 1 is 0.975 bits per heavy atom. The minimum absolute atomic E-state index is 0.0361. The van der Waals surface area contributed by atoms with Crippen LogP contribution in [-0.4, -0.2) is 50.0 Å². The smallest absolute Gasteiger partial charge is 0.244 e. The van der Waals surface area contributed by atoms with Crippen molar-refractivity contribution in [3.8, 4) is 0 Å². The normalized spacial score (nSPS) is 12.8. The number of aryl methyl sites for hydroxylation is 2. The molecule has 0 aliphatic heterocycles. The Bertz CT molecular complexity index is 1430. The highest BCUT2D eigenvalue weighted by molar-refractivity contribution is 7.92. The highest BCUT2D eigenvalue weighted by Gasteiger charge is 2.34. The second-order valence-corrected chi connectivity index (χ2v) is 12.5. The summed E-state index contributed by atoms with van der Waals surface area (Å²) in [5.74, 6) is -0.818. The molecule has 1 N–H and O–H groups in total. The molecule has 0 bridgehead atoms. The zero-order valence-electron chi connectivity index (χ0n) is 23.7. The van der Waals surface area contributed by atoms with Gasteiger partial charge in [-0.15, -0.1) is 0 Å². The third-order valence-electron chi connectivity index (χ3n) is 6.87. The molecule has 7 nitrogen and oxygen atoms in total. The number of rotatable bonds is 12. The Labute approximate surface area is 243 Å². The highest BCUT2D eigenvalue weighted by atomic mass is 35.5. The number of carbonyl (C=O) groups excluding carboxylic acids is 2. The van der Waals surface area contributed by atoms with Crippen molar-refractivity contribution < 1.29 is 18.0 Å². The van der Waals surface area contributed by atoms with Gasteiger partial charge in [0.2, 0.25) is 21.8 Å². The maximum atomic E-state index is 14.2. The Kier molecular flexibility index (Phi) is 10.8. The molecule has 0 heterocycles. The van der Waals surface area contributed by atoms with Gasteiger partial charge in [-0.25, -0.2) is 8.42 Å². The van der Waals surface area contributed by atoms with Crippen LogP contribution < -0.4 is 9.62 Å². The molecule has 2 atom stereocenters. The van der Waals surface area contributed by atoms with E-state index in [1.54, 1.807) is 24.3 Å². The van der Waals surface area contributed by atoms with Crippen LogP contribution in [0, 0.1) is 13.8 Å². The van der Waals surface area contributed by atoms with Gasteiger partial charge in [-0.05, 0) is 56.0 Å². The third-order valence-corrected chi connectivity index (χ3v) is 8.37. The molecule has 0 saturated heterocycles. The van der Waals surface area contributed by atoms with Crippen LogP contribution in [0.3, 0.4) is 0 Å². The standard InChI is InChI=1S/C31H38ClN3O4S/c1-6-24(4)33-31(37)29(19-25-12-8-7-9-13-25)34(20-26-14-10-11-15-27(26)32)30(36)21-35(40(5,38)39)28-17-16-22(2)18-23(28)3/h7-18,24,29H,6,19-21H2,1-5H3,(H,33,37)/t24-,29+/m0/s1. The summed E-state index contributed by atoms with van der Waals surface area (Å²) in [4.78, 5) is 29.3. The van der Waals surface area contributed by atoms with E-state index in [-0.39, 0.29) is 24.9 Å². The van der Waals surface area contributed by atoms with E-state index < -0.39 is 28.5 Å². The molecule has 2 amide bonds. The van der Waals surface area contributed by atoms with Crippen molar-refractivity contribution in [3.63, 3.8) is 0 Å². The molecular weight excluding hydrogens is 546 g/mol. The molecule has 0 unspecified atom stereocenters. The van der Waals surface area contributed by atoms with Gasteiger partial charge < -0.3 is 10.2 Å². The van der Waals surface area contributed by atoms with E-state index in [0.717, 1.165) is 33.7 Å². The van der Waals surface area contributed by atoms with Crippen molar-refractivity contribution in [3.05, 3.63) is 100 Å². The number of hydrogen-bond acceptors (Lipinski definition) is 4. The van der Waals surface area contributed by atoms with Crippen molar-refractivity contribution in [2.75, 3.05) is 17.1 Å². The van der Waals surface area contributed by atoms with E-state index in [2.05, 4.69) is 5.32 Å². The fraction of sp³-hybridized carbons (Fsp3) is 0.355. The number of nitrogens with zero attached hydrogens (tertiary/aromatic N) is 2. The van der Waals surface area contributed by atoms with Gasteiger partial charge in [0.05, 0.1) is 11.9 Å². The predicted molar refractivity (Wildman–Crippen MR) is 162 cm³/mol. The summed E-state index contributed by atoms with van der Waals surface area (Å²) in [5.41, 5.74) is 3.66. The molecule has 3 rings (SSSR count). The molecule has 9 heteroatoms. The van der Waals surface area contributed by atoms with E-state index in [4.69, 9.17) is 11.6 Å². The fourth-order valence-corrected chi connectivity index (χ4v) is 5.59. The van der Waals surface area contributed by atoms with Crippen LogP contribution in [0.2, 0.25) is 5.02 Å². The lowest BCUT2D eigenvalue weighted by Crippen LogP contribution is -2.54. The Hall–Kier alpha value is -3.36. The van der Waals surface area contributed by atoms with Gasteiger partial charge >= 0.3 is 0 Å². The number of hydrogen-bond donors (Lipinski definition) is 1. The first-order chi connectivity index (χ1) is 18.9. The average molecular weight is 584 g/mol. The SMILES string of the molecule is CC[C@H](C)NC(=O)[C@@H](Cc1ccccc1)N(Cc1ccccc1Cl)C(=O)CN(c1ccc(C)cc1C)S(C)(=O)=O. The first-order valence-electron chi connectivity index (χ1n) is 13.3. The van der Waals surface area contributed by atoms with Crippen LogP contribution in [0.1, 0.15) is 42.5 Å². The predicted octanol–water partition coefficient (Wildman–Crippen LogP) is 5.28. The topological polar surface area (TPSA) is 86.8 Å². The number of halogens is 1. The Morgan fingerprint density at radius 2 is 1.62 bits per heavy atom. The fourth-order valence-electron chi connectivity index (χ4n) is 4.49. The molecule has 0 fully saturated rings. The Morgan fingerprint density at radius 3 is 2.23 bits per heavy atom. The number of anilines is 1. The summed E-state index contributed by atoms with van der Waals surface area (Å²) >= 11 is 6.49. The van der Waals surface area contributed by atoms with Gasteiger partial charge in [-0.2, -0.15) is 0 Å². The number of carbonyl (C=O) groups is 2. The van der Waals surface area contributed by atoms with Gasteiger partial charge in [-0.3, -0.25) is 13.9 Å². The lowest BCUT2D eigenvalue weighted by atomic mass is 10.0. The van der Waals surface area contributed by atoms with Gasteiger partial charge in [0.15, 0.2) is 0 Å². The molecule has 0 aliphatic rings. The van der Waals surface area contributed by atoms with E-state index in [1.165, 1.54) is 4.90 Å². The first-order valence-corrected chi connectivity index (χ1v) is 15.6. The van der Waals surface area contributed by atoms with Gasteiger partial charge in [0, 0.05) is 24.0 Å². The first kappa shape index (κ1) is 31.2. The van der Waals surface area contributed by atoms with Gasteiger partial charge in [-0.1, -0.05) is 84.8 Å². The minimum atomic E-state index is -3.83. The van der Waals surface area contributed by atoms with Crippen molar-refractivity contribution >= 4 is 39.1 Å². The second-order valence-electron chi connectivity index (χ2n) is 10.2. The lowest BCUT2D eigenvalue weighted by molar-refractivity contribution is -0.140. The van der Waals surface area contributed by atoms with Gasteiger partial charge in [0.1, 0.15) is 12.6 Å². The Balaban J connectivity index is 2.09. The molecule has 40 heavy (non-hydrogen) atoms. The number of sulfonamides is 1. The molecule has 0 spiro atoms. The number of nitrogens with one attached hydrogen (secondary N) is 1. The van der Waals surface area contributed by atoms with Crippen LogP contribution in [0.25, 0.3) is 0 Å². The zero-order chi connectivity index (χ0) is 29.4. The number of benzene rings is 3. The van der Waals surface area contributed by atoms with Crippen LogP contribution in [0.4, 0.5) is 5.69 Å². The van der Waals surface area contributed by atoms with Crippen molar-refractivity contribution in [1.29, 1.82) is 0 Å². The molecular formula is C31H38ClN3O4S. The summed E-state index contributed by atoms with van der Waals surface area (Å²) in [6.45, 7) is 7.18. The summed E-state index contributed by atoms with van der Waals surface area (Å²) in [6.07, 6.45) is 2.05. The summed E-state index contributed by atoms with van der Waals surface area (Å²) in [5, 5.41) is 3.47. The highest BCUT2D eigenvalue weighted by Crippen LogP contribution is 2.25. The quantitative estimate of drug-likeness (QED) is 0.314. The van der Waals surface area contributed by atoms with E-state index in [1.807, 2.05) is 76.2 Å². The van der Waals surface area contributed by atoms with E-state index in [0.29, 0.717) is 16.3 Å². The van der Waals surface area contributed by atoms with Crippen molar-refractivity contribution in [1.82, 2.24) is 10.2 Å². The zero-order valence-corrected chi connectivity index (χ0v) is 25.3. The minimum Gasteiger partial charge on any atom is -0.352 e. The van der Waals surface area contributed by atoms with E-state index >= 15 is 0 Å². The lowest BCUT2D eigenvalue weighted by Gasteiger charge is -2.34. The van der Waals surface area contributed by atoms with Gasteiger partial charge in [0.25, 0.3) is 0 Å².